The van der Waals surface area contributed by atoms with Crippen LogP contribution in [0.25, 0.3) is 0 Å². The molecule has 1 saturated carbocycles. The second-order valence-corrected chi connectivity index (χ2v) is 7.14. The van der Waals surface area contributed by atoms with Crippen molar-refractivity contribution in [1.29, 1.82) is 0 Å². The van der Waals surface area contributed by atoms with Gasteiger partial charge in [0.25, 0.3) is 0 Å². The lowest BCUT2D eigenvalue weighted by Crippen LogP contribution is -2.44. The number of nitrogens with two attached hydrogens (primary N) is 1. The largest absolute Gasteiger partial charge is 0.271 e. The zero-order chi connectivity index (χ0) is 13.1. The van der Waals surface area contributed by atoms with Crippen molar-refractivity contribution in [2.45, 2.75) is 44.1 Å². The van der Waals surface area contributed by atoms with E-state index in [0.717, 1.165) is 6.26 Å². The van der Waals surface area contributed by atoms with Crippen LogP contribution in [-0.2, 0) is 9.84 Å². The Balaban J connectivity index is 2.46. The molecule has 0 aromatic rings. The molecular formula is C10H20F2N2O2S. The van der Waals surface area contributed by atoms with Gasteiger partial charge in [0.2, 0.25) is 5.92 Å². The van der Waals surface area contributed by atoms with Gasteiger partial charge in [-0.3, -0.25) is 11.3 Å². The Morgan fingerprint density at radius 3 is 2.35 bits per heavy atom. The lowest BCUT2D eigenvalue weighted by Gasteiger charge is -2.33. The van der Waals surface area contributed by atoms with Gasteiger partial charge in [0.1, 0.15) is 9.84 Å². The average Bonchev–Trinajstić information content (AvgIpc) is 2.19. The molecule has 0 spiro atoms. The van der Waals surface area contributed by atoms with E-state index in [9.17, 15) is 17.2 Å². The number of hydrogen-bond acceptors (Lipinski definition) is 4. The number of alkyl halides is 2. The molecule has 0 heterocycles. The highest BCUT2D eigenvalue weighted by atomic mass is 32.2. The van der Waals surface area contributed by atoms with Gasteiger partial charge in [-0.25, -0.2) is 17.2 Å². The van der Waals surface area contributed by atoms with Crippen molar-refractivity contribution < 1.29 is 17.2 Å². The fourth-order valence-corrected chi connectivity index (χ4v) is 2.94. The van der Waals surface area contributed by atoms with Crippen molar-refractivity contribution in [2.75, 3.05) is 12.0 Å². The molecule has 1 fully saturated rings. The van der Waals surface area contributed by atoms with Gasteiger partial charge in [-0.15, -0.1) is 0 Å². The zero-order valence-corrected chi connectivity index (χ0v) is 10.8. The van der Waals surface area contributed by atoms with Crippen LogP contribution in [-0.4, -0.2) is 32.4 Å². The summed E-state index contributed by atoms with van der Waals surface area (Å²) in [7, 11) is -3.03. The maximum absolute atomic E-state index is 13.0. The standard InChI is InChI=1S/C10H20F2N2O2S/c1-17(15,16)7-4-9(14-13)8-2-5-10(11,12)6-3-8/h8-9,14H,2-7,13H2,1H3. The highest BCUT2D eigenvalue weighted by Crippen LogP contribution is 2.37. The van der Waals surface area contributed by atoms with Gasteiger partial charge >= 0.3 is 0 Å². The van der Waals surface area contributed by atoms with E-state index < -0.39 is 15.8 Å². The average molecular weight is 270 g/mol. The summed E-state index contributed by atoms with van der Waals surface area (Å²) in [6.07, 6.45) is 2.07. The maximum Gasteiger partial charge on any atom is 0.248 e. The van der Waals surface area contributed by atoms with E-state index in [-0.39, 0.29) is 30.6 Å². The Kier molecular flexibility index (Phi) is 4.86. The van der Waals surface area contributed by atoms with Gasteiger partial charge < -0.3 is 0 Å². The van der Waals surface area contributed by atoms with Gasteiger partial charge in [0.15, 0.2) is 0 Å². The molecule has 0 aromatic heterocycles. The summed E-state index contributed by atoms with van der Waals surface area (Å²) in [5.41, 5.74) is 2.56. The zero-order valence-electron chi connectivity index (χ0n) is 9.96. The van der Waals surface area contributed by atoms with Crippen molar-refractivity contribution >= 4 is 9.84 Å². The van der Waals surface area contributed by atoms with Crippen LogP contribution >= 0.6 is 0 Å². The second-order valence-electron chi connectivity index (χ2n) is 4.89. The van der Waals surface area contributed by atoms with Crippen molar-refractivity contribution in [3.8, 4) is 0 Å². The van der Waals surface area contributed by atoms with E-state index >= 15 is 0 Å². The smallest absolute Gasteiger partial charge is 0.248 e. The molecule has 0 saturated heterocycles. The number of halogens is 2. The van der Waals surface area contributed by atoms with Gasteiger partial charge in [-0.05, 0) is 25.2 Å². The highest BCUT2D eigenvalue weighted by molar-refractivity contribution is 7.90. The van der Waals surface area contributed by atoms with Crippen molar-refractivity contribution in [3.05, 3.63) is 0 Å². The molecular weight excluding hydrogens is 250 g/mol. The first-order valence-corrected chi connectivity index (χ1v) is 7.81. The molecule has 0 bridgehead atoms. The van der Waals surface area contributed by atoms with Gasteiger partial charge in [-0.1, -0.05) is 0 Å². The summed E-state index contributed by atoms with van der Waals surface area (Å²) < 4.78 is 48.0. The Hall–Kier alpha value is -0.270. The minimum atomic E-state index is -3.03. The number of nitrogens with one attached hydrogen (secondary N) is 1. The van der Waals surface area contributed by atoms with Crippen LogP contribution in [0.2, 0.25) is 0 Å². The molecule has 4 nitrogen and oxygen atoms in total. The Bertz CT molecular complexity index is 336. The number of hydrazine groups is 1. The predicted octanol–water partition coefficient (Wildman–Crippen LogP) is 1.08. The molecule has 0 aromatic carbocycles. The van der Waals surface area contributed by atoms with E-state index in [2.05, 4.69) is 5.43 Å². The molecule has 7 heteroatoms. The maximum atomic E-state index is 13.0. The molecule has 1 atom stereocenters. The first kappa shape index (κ1) is 14.8. The van der Waals surface area contributed by atoms with E-state index in [1.165, 1.54) is 0 Å². The van der Waals surface area contributed by atoms with E-state index in [0.29, 0.717) is 19.3 Å². The normalized spacial score (nSPS) is 23.5. The van der Waals surface area contributed by atoms with Crippen molar-refractivity contribution in [3.63, 3.8) is 0 Å². The third-order valence-corrected chi connectivity index (χ3v) is 4.32. The van der Waals surface area contributed by atoms with Crippen LogP contribution in [0.3, 0.4) is 0 Å². The quantitative estimate of drug-likeness (QED) is 0.579. The number of sulfone groups is 1. The first-order chi connectivity index (χ1) is 7.73. The third kappa shape index (κ3) is 5.27. The Morgan fingerprint density at radius 1 is 1.41 bits per heavy atom. The predicted molar refractivity (Wildman–Crippen MR) is 62.3 cm³/mol. The van der Waals surface area contributed by atoms with E-state index in [4.69, 9.17) is 5.84 Å². The number of rotatable bonds is 5. The van der Waals surface area contributed by atoms with Gasteiger partial charge in [-0.2, -0.15) is 0 Å². The van der Waals surface area contributed by atoms with Crippen LogP contribution in [0.1, 0.15) is 32.1 Å². The fourth-order valence-electron chi connectivity index (χ4n) is 2.26. The van der Waals surface area contributed by atoms with E-state index in [1.807, 2.05) is 0 Å². The summed E-state index contributed by atoms with van der Waals surface area (Å²) in [6.45, 7) is 0. The molecule has 0 aliphatic heterocycles. The number of hydrogen-bond donors (Lipinski definition) is 2. The van der Waals surface area contributed by atoms with Gasteiger partial charge in [0, 0.05) is 25.1 Å². The molecule has 0 amide bonds. The summed E-state index contributed by atoms with van der Waals surface area (Å²) in [6, 6.07) is -0.194. The SMILES string of the molecule is CS(=O)(=O)CCC(NN)C1CCC(F)(F)CC1. The minimum Gasteiger partial charge on any atom is -0.271 e. The Labute approximate surface area is 101 Å². The van der Waals surface area contributed by atoms with Crippen LogP contribution in [0.4, 0.5) is 8.78 Å². The van der Waals surface area contributed by atoms with Crippen LogP contribution in [0.5, 0.6) is 0 Å². The van der Waals surface area contributed by atoms with Crippen LogP contribution < -0.4 is 11.3 Å². The van der Waals surface area contributed by atoms with Crippen molar-refractivity contribution in [2.24, 2.45) is 11.8 Å². The summed E-state index contributed by atoms with van der Waals surface area (Å²) >= 11 is 0. The lowest BCUT2D eigenvalue weighted by atomic mass is 9.81. The minimum absolute atomic E-state index is 0.0365. The monoisotopic (exact) mass is 270 g/mol. The second kappa shape index (κ2) is 5.58. The molecule has 1 aliphatic carbocycles. The van der Waals surface area contributed by atoms with Gasteiger partial charge in [0.05, 0.1) is 5.75 Å². The molecule has 1 aliphatic rings. The van der Waals surface area contributed by atoms with Crippen molar-refractivity contribution in [1.82, 2.24) is 5.43 Å². The molecule has 0 radical (unpaired) electrons. The molecule has 1 unspecified atom stereocenters. The molecule has 3 N–H and O–H groups in total. The summed E-state index contributed by atoms with van der Waals surface area (Å²) in [5.74, 6) is 2.88. The van der Waals surface area contributed by atoms with Crippen LogP contribution in [0, 0.1) is 5.92 Å². The lowest BCUT2D eigenvalue weighted by molar-refractivity contribution is -0.0496. The third-order valence-electron chi connectivity index (χ3n) is 3.34. The first-order valence-electron chi connectivity index (χ1n) is 5.75. The topological polar surface area (TPSA) is 72.2 Å². The summed E-state index contributed by atoms with van der Waals surface area (Å²) in [4.78, 5) is 0. The Morgan fingerprint density at radius 2 is 1.94 bits per heavy atom. The highest BCUT2D eigenvalue weighted by Gasteiger charge is 2.37. The molecule has 17 heavy (non-hydrogen) atoms. The van der Waals surface area contributed by atoms with Crippen LogP contribution in [0.15, 0.2) is 0 Å². The molecule has 1 rings (SSSR count). The van der Waals surface area contributed by atoms with E-state index in [1.54, 1.807) is 0 Å². The summed E-state index contributed by atoms with van der Waals surface area (Å²) in [5, 5.41) is 0. The fraction of sp³-hybridized carbons (Fsp3) is 1.00. The molecule has 102 valence electrons.